The van der Waals surface area contributed by atoms with Crippen LogP contribution in [0.3, 0.4) is 0 Å². The second-order valence-corrected chi connectivity index (χ2v) is 6.60. The van der Waals surface area contributed by atoms with E-state index in [-0.39, 0.29) is 21.9 Å². The summed E-state index contributed by atoms with van der Waals surface area (Å²) < 4.78 is 54.2. The van der Waals surface area contributed by atoms with Gasteiger partial charge in [-0.05, 0) is 29.1 Å². The molecule has 1 aliphatic rings. The largest absolute Gasteiger partial charge is 0.497 e. The van der Waals surface area contributed by atoms with Crippen LogP contribution < -0.4 is 9.47 Å². The van der Waals surface area contributed by atoms with Crippen molar-refractivity contribution in [2.24, 2.45) is 0 Å². The first-order valence-corrected chi connectivity index (χ1v) is 8.66. The molecule has 4 N–H and O–H groups in total. The van der Waals surface area contributed by atoms with Crippen LogP contribution >= 0.6 is 11.3 Å². The van der Waals surface area contributed by atoms with Gasteiger partial charge >= 0.3 is 0 Å². The van der Waals surface area contributed by atoms with Gasteiger partial charge in [-0.1, -0.05) is 12.1 Å². The van der Waals surface area contributed by atoms with Gasteiger partial charge in [-0.2, -0.15) is 0 Å². The van der Waals surface area contributed by atoms with Gasteiger partial charge in [0.25, 0.3) is 0 Å². The van der Waals surface area contributed by atoms with Crippen molar-refractivity contribution in [3.05, 3.63) is 46.2 Å². The highest BCUT2D eigenvalue weighted by atomic mass is 32.1. The highest BCUT2D eigenvalue weighted by Gasteiger charge is 2.44. The Labute approximate surface area is 162 Å². The molecule has 2 aromatic rings. The molecule has 1 fully saturated rings. The molecule has 26 heavy (non-hydrogen) atoms. The summed E-state index contributed by atoms with van der Waals surface area (Å²) in [5.41, 5.74) is 0.200. The molecular weight excluding hydrogens is 360 g/mol. The minimum atomic E-state index is -2.62. The first-order valence-electron chi connectivity index (χ1n) is 10.3. The van der Waals surface area contributed by atoms with Crippen LogP contribution in [0.1, 0.15) is 17.3 Å². The predicted molar refractivity (Wildman–Crippen MR) is 94.5 cm³/mol. The van der Waals surface area contributed by atoms with E-state index in [1.165, 1.54) is 30.3 Å². The van der Waals surface area contributed by atoms with Crippen LogP contribution in [-0.2, 0) is 11.1 Å². The molecule has 1 saturated heterocycles. The van der Waals surface area contributed by atoms with Crippen LogP contribution in [0, 0.1) is 0 Å². The van der Waals surface area contributed by atoms with Gasteiger partial charge < -0.3 is 34.6 Å². The van der Waals surface area contributed by atoms with E-state index < -0.39 is 50.7 Å². The highest BCUT2D eigenvalue weighted by molar-refractivity contribution is 7.10. The topological polar surface area (TPSA) is 109 Å². The van der Waals surface area contributed by atoms with Gasteiger partial charge in [0, 0.05) is 9.11 Å². The van der Waals surface area contributed by atoms with Crippen molar-refractivity contribution in [2.45, 2.75) is 37.1 Å². The van der Waals surface area contributed by atoms with E-state index in [2.05, 4.69) is 0 Å². The molecule has 2 heterocycles. The zero-order valence-corrected chi connectivity index (χ0v) is 14.3. The first-order chi connectivity index (χ1) is 14.4. The Kier molecular flexibility index (Phi) is 4.33. The molecule has 3 rings (SSSR count). The maximum atomic E-state index is 10.2. The summed E-state index contributed by atoms with van der Waals surface area (Å²) in [7, 11) is -2.62. The lowest BCUT2D eigenvalue weighted by atomic mass is 9.99. The molecule has 0 radical (unpaired) electrons. The number of aliphatic hydroxyl groups is 4. The summed E-state index contributed by atoms with van der Waals surface area (Å²) in [4.78, 5) is 0.133. The maximum Gasteiger partial charge on any atom is 0.229 e. The van der Waals surface area contributed by atoms with E-state index in [4.69, 9.17) is 21.1 Å². The minimum Gasteiger partial charge on any atom is -0.497 e. The molecule has 1 aromatic heterocycles. The Morgan fingerprint density at radius 3 is 2.62 bits per heavy atom. The lowest BCUT2D eigenvalue weighted by Crippen LogP contribution is -2.60. The molecule has 1 aromatic carbocycles. The van der Waals surface area contributed by atoms with Crippen LogP contribution in [-0.4, -0.2) is 64.8 Å². The Morgan fingerprint density at radius 2 is 1.92 bits per heavy atom. The second kappa shape index (κ2) is 8.34. The first kappa shape index (κ1) is 13.5. The van der Waals surface area contributed by atoms with Gasteiger partial charge in [0.1, 0.15) is 35.9 Å². The lowest BCUT2D eigenvalue weighted by Gasteiger charge is -2.39. The molecule has 0 amide bonds. The predicted octanol–water partition coefficient (Wildman–Crippen LogP) is 0.526. The maximum absolute atomic E-state index is 10.2. The van der Waals surface area contributed by atoms with E-state index in [0.717, 1.165) is 11.3 Å². The van der Waals surface area contributed by atoms with Crippen LogP contribution in [0.5, 0.6) is 11.5 Å². The van der Waals surface area contributed by atoms with Gasteiger partial charge in [-0.25, -0.2) is 0 Å². The number of hydrogen-bond donors (Lipinski definition) is 4. The van der Waals surface area contributed by atoms with E-state index in [1.807, 2.05) is 0 Å². The fourth-order valence-corrected chi connectivity index (χ4v) is 3.25. The fourth-order valence-electron chi connectivity index (χ4n) is 2.51. The Balaban J connectivity index is 1.81. The van der Waals surface area contributed by atoms with E-state index >= 15 is 0 Å². The molecule has 8 heteroatoms. The lowest BCUT2D eigenvalue weighted by molar-refractivity contribution is -0.277. The molecule has 7 nitrogen and oxygen atoms in total. The van der Waals surface area contributed by atoms with Gasteiger partial charge in [0.05, 0.1) is 22.6 Å². The molecule has 0 unspecified atom stereocenters. The molecule has 0 saturated carbocycles. The molecule has 0 spiro atoms. The van der Waals surface area contributed by atoms with E-state index in [1.54, 1.807) is 5.38 Å². The van der Waals surface area contributed by atoms with Crippen LogP contribution in [0.15, 0.2) is 35.7 Å². The summed E-state index contributed by atoms with van der Waals surface area (Å²) in [5, 5.41) is 40.8. The van der Waals surface area contributed by atoms with Crippen molar-refractivity contribution in [1.29, 1.82) is 0 Å². The Bertz CT molecular complexity index is 871. The number of rotatable bonds is 6. The van der Waals surface area contributed by atoms with Gasteiger partial charge in [0.15, 0.2) is 0 Å². The van der Waals surface area contributed by atoms with Crippen LogP contribution in [0.2, 0.25) is 0 Å². The number of thiophene rings is 1. The standard InChI is InChI=1S/C18H22O7S/c1-23-11-4-2-10(3-5-11)8-14-12(6-7-26-14)24-18-17(22)16(21)15(20)13(9-19)25-18/h2-7,13,15-22H,8-9H2,1H3/t13-,15-,16+,17-,18-/m1/s1/i1D3,8D2. The normalized spacial score (nSPS) is 32.6. The zero-order valence-electron chi connectivity index (χ0n) is 18.5. The SMILES string of the molecule is [2H]C([2H])([2H])Oc1ccc(C([2H])([2H])c2sccc2O[C@@H]2O[C@H](CO)[C@@H](O)[C@H](O)[C@H]2O)cc1. The fraction of sp³-hybridized carbons (Fsp3) is 0.444. The van der Waals surface area contributed by atoms with Gasteiger partial charge in [-0.3, -0.25) is 0 Å². The number of hydrogen-bond acceptors (Lipinski definition) is 8. The van der Waals surface area contributed by atoms with E-state index in [0.29, 0.717) is 0 Å². The quantitative estimate of drug-likeness (QED) is 0.572. The summed E-state index contributed by atoms with van der Waals surface area (Å²) in [6.07, 6.45) is -9.46. The summed E-state index contributed by atoms with van der Waals surface area (Å²) >= 11 is 1.04. The van der Waals surface area contributed by atoms with Crippen LogP contribution in [0.4, 0.5) is 0 Å². The van der Waals surface area contributed by atoms with Crippen LogP contribution in [0.25, 0.3) is 0 Å². The van der Waals surface area contributed by atoms with Gasteiger partial charge in [0.2, 0.25) is 6.29 Å². The molecular formula is C18H22O7S. The number of benzene rings is 1. The molecule has 142 valence electrons. The second-order valence-electron chi connectivity index (χ2n) is 5.68. The van der Waals surface area contributed by atoms with Crippen molar-refractivity contribution in [3.8, 4) is 11.5 Å². The number of ether oxygens (including phenoxy) is 3. The van der Waals surface area contributed by atoms with Crippen molar-refractivity contribution < 1.29 is 41.5 Å². The van der Waals surface area contributed by atoms with Crippen molar-refractivity contribution in [3.63, 3.8) is 0 Å². The highest BCUT2D eigenvalue weighted by Crippen LogP contribution is 2.31. The average Bonchev–Trinajstić information content (AvgIpc) is 3.16. The smallest absolute Gasteiger partial charge is 0.229 e. The zero-order chi connectivity index (χ0) is 23.0. The van der Waals surface area contributed by atoms with E-state index in [9.17, 15) is 20.4 Å². The monoisotopic (exact) mass is 387 g/mol. The molecule has 5 atom stereocenters. The third-order valence-corrected chi connectivity index (χ3v) is 4.76. The Hall–Kier alpha value is -1.68. The van der Waals surface area contributed by atoms with Crippen molar-refractivity contribution in [2.75, 3.05) is 13.6 Å². The summed E-state index contributed by atoms with van der Waals surface area (Å²) in [6.45, 7) is -0.618. The molecule has 0 aliphatic carbocycles. The molecule has 0 bridgehead atoms. The number of methoxy groups -OCH3 is 1. The third kappa shape index (κ3) is 4.01. The summed E-state index contributed by atoms with van der Waals surface area (Å²) in [6, 6.07) is 6.92. The molecule has 1 aliphatic heterocycles. The third-order valence-electron chi connectivity index (χ3n) is 3.95. The van der Waals surface area contributed by atoms with Crippen molar-refractivity contribution in [1.82, 2.24) is 0 Å². The number of aliphatic hydroxyl groups excluding tert-OH is 4. The van der Waals surface area contributed by atoms with Gasteiger partial charge in [-0.15, -0.1) is 11.3 Å². The average molecular weight is 387 g/mol. The summed E-state index contributed by atoms with van der Waals surface area (Å²) in [5.74, 6) is 0.102. The van der Waals surface area contributed by atoms with Crippen molar-refractivity contribution >= 4 is 11.3 Å². The Morgan fingerprint density at radius 1 is 1.15 bits per heavy atom. The minimum absolute atomic E-state index is 0.0437.